The lowest BCUT2D eigenvalue weighted by Crippen LogP contribution is -2.40. The third-order valence-corrected chi connectivity index (χ3v) is 6.18. The fourth-order valence-electron chi connectivity index (χ4n) is 2.64. The minimum atomic E-state index is -3.70. The number of hydrogen-bond acceptors (Lipinski definition) is 6. The van der Waals surface area contributed by atoms with Gasteiger partial charge < -0.3 is 24.5 Å². The van der Waals surface area contributed by atoms with E-state index in [-0.39, 0.29) is 10.6 Å². The Morgan fingerprint density at radius 2 is 2.07 bits per heavy atom. The molecule has 0 bridgehead atoms. The van der Waals surface area contributed by atoms with E-state index >= 15 is 0 Å². The first kappa shape index (κ1) is 19.6. The Kier molecular flexibility index (Phi) is 6.32. The van der Waals surface area contributed by atoms with Crippen molar-refractivity contribution in [3.05, 3.63) is 42.4 Å². The maximum absolute atomic E-state index is 13.0. The Balaban J connectivity index is 1.75. The molecule has 2 N–H and O–H groups in total. The molecule has 1 fully saturated rings. The molecule has 2 heterocycles. The molecule has 0 atom stereocenters. The van der Waals surface area contributed by atoms with Gasteiger partial charge in [-0.3, -0.25) is 0 Å². The molecule has 146 valence electrons. The second kappa shape index (κ2) is 8.70. The normalized spacial score (nSPS) is 15.3. The number of methoxy groups -OCH3 is 1. The van der Waals surface area contributed by atoms with Crippen LogP contribution in [0, 0.1) is 0 Å². The van der Waals surface area contributed by atoms with Gasteiger partial charge in [-0.2, -0.15) is 4.31 Å². The van der Waals surface area contributed by atoms with Gasteiger partial charge in [0.2, 0.25) is 10.0 Å². The van der Waals surface area contributed by atoms with Gasteiger partial charge in [0.15, 0.2) is 5.11 Å². The number of furan rings is 1. The van der Waals surface area contributed by atoms with Crippen LogP contribution in [0.15, 0.2) is 45.9 Å². The van der Waals surface area contributed by atoms with Crippen molar-refractivity contribution in [3.63, 3.8) is 0 Å². The summed E-state index contributed by atoms with van der Waals surface area (Å²) in [7, 11) is -2.26. The van der Waals surface area contributed by atoms with Crippen molar-refractivity contribution in [2.45, 2.75) is 11.4 Å². The molecule has 0 unspecified atom stereocenters. The monoisotopic (exact) mass is 411 g/mol. The molecular formula is C17H21N3O5S2. The van der Waals surface area contributed by atoms with Crippen molar-refractivity contribution in [1.82, 2.24) is 9.62 Å². The molecule has 0 amide bonds. The average molecular weight is 412 g/mol. The molecule has 1 aromatic carbocycles. The van der Waals surface area contributed by atoms with Gasteiger partial charge >= 0.3 is 0 Å². The zero-order valence-corrected chi connectivity index (χ0v) is 16.4. The highest BCUT2D eigenvalue weighted by molar-refractivity contribution is 7.89. The summed E-state index contributed by atoms with van der Waals surface area (Å²) in [6.45, 7) is 1.80. The van der Waals surface area contributed by atoms with E-state index in [0.29, 0.717) is 43.6 Å². The van der Waals surface area contributed by atoms with Crippen molar-refractivity contribution in [3.8, 4) is 5.75 Å². The number of morpholine rings is 1. The molecule has 0 saturated carbocycles. The van der Waals surface area contributed by atoms with Crippen LogP contribution in [-0.2, 0) is 21.3 Å². The Hall–Kier alpha value is -2.14. The molecule has 10 heteroatoms. The lowest BCUT2D eigenvalue weighted by Gasteiger charge is -2.27. The third-order valence-electron chi connectivity index (χ3n) is 4.01. The lowest BCUT2D eigenvalue weighted by atomic mass is 10.3. The van der Waals surface area contributed by atoms with Crippen LogP contribution in [0.3, 0.4) is 0 Å². The highest BCUT2D eigenvalue weighted by Crippen LogP contribution is 2.30. The maximum atomic E-state index is 13.0. The topological polar surface area (TPSA) is 93.0 Å². The number of benzene rings is 1. The van der Waals surface area contributed by atoms with Crippen LogP contribution in [0.4, 0.5) is 5.69 Å². The van der Waals surface area contributed by atoms with Crippen LogP contribution < -0.4 is 15.4 Å². The Bertz CT molecular complexity index is 878. The van der Waals surface area contributed by atoms with Gasteiger partial charge in [0.1, 0.15) is 16.4 Å². The highest BCUT2D eigenvalue weighted by atomic mass is 32.2. The van der Waals surface area contributed by atoms with Crippen molar-refractivity contribution in [2.75, 3.05) is 38.7 Å². The summed E-state index contributed by atoms with van der Waals surface area (Å²) >= 11 is 5.26. The molecule has 0 aliphatic carbocycles. The predicted octanol–water partition coefficient (Wildman–Crippen LogP) is 1.80. The van der Waals surface area contributed by atoms with Gasteiger partial charge in [0.25, 0.3) is 0 Å². The summed E-state index contributed by atoms with van der Waals surface area (Å²) in [4.78, 5) is 0.0886. The van der Waals surface area contributed by atoms with Crippen molar-refractivity contribution >= 4 is 33.0 Å². The molecule has 27 heavy (non-hydrogen) atoms. The van der Waals surface area contributed by atoms with Gasteiger partial charge in [-0.25, -0.2) is 8.42 Å². The van der Waals surface area contributed by atoms with Crippen LogP contribution in [-0.4, -0.2) is 51.2 Å². The molecule has 0 spiro atoms. The summed E-state index contributed by atoms with van der Waals surface area (Å²) in [6, 6.07) is 8.45. The fourth-order valence-corrected chi connectivity index (χ4v) is 4.42. The first-order chi connectivity index (χ1) is 13.0. The summed E-state index contributed by atoms with van der Waals surface area (Å²) < 4.78 is 43.1. The second-order valence-corrected chi connectivity index (χ2v) is 8.08. The third kappa shape index (κ3) is 4.78. The van der Waals surface area contributed by atoms with E-state index in [2.05, 4.69) is 10.6 Å². The number of nitrogens with zero attached hydrogens (tertiary/aromatic N) is 1. The Labute approximate surface area is 163 Å². The molecule has 1 aromatic heterocycles. The zero-order chi connectivity index (χ0) is 19.3. The number of sulfonamides is 1. The van der Waals surface area contributed by atoms with Crippen molar-refractivity contribution in [1.29, 1.82) is 0 Å². The standard InChI is InChI=1S/C17H21N3O5S2/c1-23-15-5-4-13(19-17(26)18-12-14-3-2-8-25-14)11-16(15)27(21,22)20-6-9-24-10-7-20/h2-5,8,11H,6-7,9-10,12H2,1H3,(H2,18,19,26). The number of ether oxygens (including phenoxy) is 2. The zero-order valence-electron chi connectivity index (χ0n) is 14.8. The van der Waals surface area contributed by atoms with Crippen LogP contribution >= 0.6 is 12.2 Å². The van der Waals surface area contributed by atoms with E-state index in [0.717, 1.165) is 5.76 Å². The van der Waals surface area contributed by atoms with Crippen LogP contribution in [0.1, 0.15) is 5.76 Å². The number of nitrogens with one attached hydrogen (secondary N) is 2. The van der Waals surface area contributed by atoms with Gasteiger partial charge in [-0.1, -0.05) is 0 Å². The summed E-state index contributed by atoms with van der Waals surface area (Å²) in [5.74, 6) is 1.02. The Morgan fingerprint density at radius 1 is 1.30 bits per heavy atom. The second-order valence-electron chi connectivity index (χ2n) is 5.77. The van der Waals surface area contributed by atoms with Gasteiger partial charge in [0, 0.05) is 18.8 Å². The van der Waals surface area contributed by atoms with E-state index in [1.165, 1.54) is 17.5 Å². The van der Waals surface area contributed by atoms with Gasteiger partial charge in [-0.05, 0) is 42.5 Å². The molecule has 1 saturated heterocycles. The largest absolute Gasteiger partial charge is 0.495 e. The van der Waals surface area contributed by atoms with Crippen LogP contribution in [0.2, 0.25) is 0 Å². The highest BCUT2D eigenvalue weighted by Gasteiger charge is 2.29. The molecule has 1 aliphatic rings. The number of hydrogen-bond donors (Lipinski definition) is 2. The SMILES string of the molecule is COc1ccc(NC(=S)NCc2ccco2)cc1S(=O)(=O)N1CCOCC1. The molecule has 2 aromatic rings. The van der Waals surface area contributed by atoms with Crippen molar-refractivity contribution < 1.29 is 22.3 Å². The first-order valence-corrected chi connectivity index (χ1v) is 10.2. The Morgan fingerprint density at radius 3 is 2.74 bits per heavy atom. The predicted molar refractivity (Wildman–Crippen MR) is 104 cm³/mol. The molecular weight excluding hydrogens is 390 g/mol. The lowest BCUT2D eigenvalue weighted by molar-refractivity contribution is 0.0729. The van der Waals surface area contributed by atoms with Gasteiger partial charge in [-0.15, -0.1) is 0 Å². The van der Waals surface area contributed by atoms with E-state index < -0.39 is 10.0 Å². The van der Waals surface area contributed by atoms with Gasteiger partial charge in [0.05, 0.1) is 33.1 Å². The van der Waals surface area contributed by atoms with E-state index in [4.69, 9.17) is 26.1 Å². The summed E-state index contributed by atoms with van der Waals surface area (Å²) in [5.41, 5.74) is 0.541. The smallest absolute Gasteiger partial charge is 0.246 e. The quantitative estimate of drug-likeness (QED) is 0.695. The summed E-state index contributed by atoms with van der Waals surface area (Å²) in [6.07, 6.45) is 1.58. The molecule has 8 nitrogen and oxygen atoms in total. The fraction of sp³-hybridized carbons (Fsp3) is 0.353. The summed E-state index contributed by atoms with van der Waals surface area (Å²) in [5, 5.41) is 6.34. The van der Waals surface area contributed by atoms with Crippen LogP contribution in [0.25, 0.3) is 0 Å². The van der Waals surface area contributed by atoms with E-state index in [1.54, 1.807) is 24.5 Å². The number of thiocarbonyl (C=S) groups is 1. The average Bonchev–Trinajstić information content (AvgIpc) is 3.21. The maximum Gasteiger partial charge on any atom is 0.246 e. The van der Waals surface area contributed by atoms with E-state index in [9.17, 15) is 8.42 Å². The molecule has 1 aliphatic heterocycles. The minimum Gasteiger partial charge on any atom is -0.495 e. The van der Waals surface area contributed by atoms with E-state index in [1.807, 2.05) is 6.07 Å². The number of anilines is 1. The number of rotatable bonds is 6. The first-order valence-electron chi connectivity index (χ1n) is 8.34. The van der Waals surface area contributed by atoms with Crippen LogP contribution in [0.5, 0.6) is 5.75 Å². The molecule has 3 rings (SSSR count). The minimum absolute atomic E-state index is 0.0886. The van der Waals surface area contributed by atoms with Crippen molar-refractivity contribution in [2.24, 2.45) is 0 Å². The molecule has 0 radical (unpaired) electrons.